The number of imide groups is 1. The van der Waals surface area contributed by atoms with Crippen LogP contribution in [-0.2, 0) is 14.4 Å². The van der Waals surface area contributed by atoms with Crippen molar-refractivity contribution < 1.29 is 28.7 Å². The Morgan fingerprint density at radius 1 is 1.08 bits per heavy atom. The second kappa shape index (κ2) is 12.0. The lowest BCUT2D eigenvalue weighted by atomic mass is 10.1. The predicted octanol–water partition coefficient (Wildman–Crippen LogP) is 4.75. The van der Waals surface area contributed by atoms with Gasteiger partial charge in [-0.3, -0.25) is 24.1 Å². The summed E-state index contributed by atoms with van der Waals surface area (Å²) in [6.45, 7) is 4.78. The fraction of sp³-hybridized carbons (Fsp3) is 0.333. The van der Waals surface area contributed by atoms with Crippen LogP contribution in [0, 0.1) is 13.8 Å². The molecule has 9 nitrogen and oxygen atoms in total. The van der Waals surface area contributed by atoms with Crippen molar-refractivity contribution >= 4 is 62.4 Å². The number of carbonyl (C=O) groups is 4. The van der Waals surface area contributed by atoms with E-state index in [-0.39, 0.29) is 29.9 Å². The minimum absolute atomic E-state index is 0.219. The Kier molecular flexibility index (Phi) is 8.78. The van der Waals surface area contributed by atoms with Gasteiger partial charge in [-0.15, -0.1) is 0 Å². The molecule has 2 fully saturated rings. The van der Waals surface area contributed by atoms with Crippen LogP contribution in [0.3, 0.4) is 0 Å². The number of anilines is 1. The van der Waals surface area contributed by atoms with Crippen molar-refractivity contribution in [2.24, 2.45) is 0 Å². The summed E-state index contributed by atoms with van der Waals surface area (Å²) in [7, 11) is 1.47. The summed E-state index contributed by atoms with van der Waals surface area (Å²) < 4.78 is 11.9. The molecule has 4 amide bonds. The fourth-order valence-electron chi connectivity index (χ4n) is 4.09. The number of benzene rings is 2. The number of ether oxygens (including phenoxy) is 2. The molecule has 2 aliphatic heterocycles. The highest BCUT2D eigenvalue weighted by atomic mass is 79.9. The van der Waals surface area contributed by atoms with Crippen LogP contribution in [0.4, 0.5) is 10.5 Å². The van der Waals surface area contributed by atoms with Crippen LogP contribution in [0.25, 0.3) is 6.08 Å². The molecule has 0 unspecified atom stereocenters. The summed E-state index contributed by atoms with van der Waals surface area (Å²) in [5, 5.41) is 2.35. The van der Waals surface area contributed by atoms with Crippen LogP contribution >= 0.6 is 27.7 Å². The second-order valence-corrected chi connectivity index (χ2v) is 10.9. The number of thioether (sulfide) groups is 1. The largest absolute Gasteiger partial charge is 0.493 e. The maximum absolute atomic E-state index is 12.8. The zero-order valence-electron chi connectivity index (χ0n) is 21.3. The predicted molar refractivity (Wildman–Crippen MR) is 149 cm³/mol. The number of likely N-dealkylation sites (tertiary alicyclic amines) is 1. The Morgan fingerprint density at radius 3 is 2.50 bits per heavy atom. The number of amides is 4. The third-order valence-electron chi connectivity index (χ3n) is 6.33. The van der Waals surface area contributed by atoms with Gasteiger partial charge in [-0.2, -0.15) is 0 Å². The molecule has 0 aromatic heterocycles. The smallest absolute Gasteiger partial charge is 0.294 e. The normalized spacial score (nSPS) is 16.4. The highest BCUT2D eigenvalue weighted by molar-refractivity contribution is 9.10. The summed E-state index contributed by atoms with van der Waals surface area (Å²) >= 11 is 4.26. The SMILES string of the molecule is COc1cc(/C=C2/SC(=O)N(CC(=O)N3CCCC3)C2=O)ccc1OCC(=O)Nc1cc(C)c(C)cc1Br. The van der Waals surface area contributed by atoms with Crippen molar-refractivity contribution in [3.05, 3.63) is 56.4 Å². The molecule has 2 aromatic carbocycles. The van der Waals surface area contributed by atoms with Crippen molar-refractivity contribution in [3.63, 3.8) is 0 Å². The van der Waals surface area contributed by atoms with E-state index in [2.05, 4.69) is 21.2 Å². The third-order valence-corrected chi connectivity index (χ3v) is 7.89. The highest BCUT2D eigenvalue weighted by Crippen LogP contribution is 2.35. The number of methoxy groups -OCH3 is 1. The lowest BCUT2D eigenvalue weighted by Crippen LogP contribution is -2.40. The van der Waals surface area contributed by atoms with Crippen molar-refractivity contribution in [3.8, 4) is 11.5 Å². The average molecular weight is 603 g/mol. The topological polar surface area (TPSA) is 105 Å². The maximum Gasteiger partial charge on any atom is 0.294 e. The Morgan fingerprint density at radius 2 is 1.79 bits per heavy atom. The monoisotopic (exact) mass is 601 g/mol. The van der Waals surface area contributed by atoms with Crippen LogP contribution in [0.15, 0.2) is 39.7 Å². The minimum atomic E-state index is -0.499. The Hall–Kier alpha value is -3.31. The molecule has 11 heteroatoms. The van der Waals surface area contributed by atoms with Gasteiger partial charge in [0.1, 0.15) is 6.54 Å². The number of halogens is 1. The minimum Gasteiger partial charge on any atom is -0.493 e. The standard InChI is InChI=1S/C27H28BrN3O6S/c1-16-10-19(28)20(11-17(16)2)29-24(32)15-37-21-7-6-18(12-22(21)36-3)13-23-26(34)31(27(35)38-23)14-25(33)30-8-4-5-9-30/h6-7,10-13H,4-5,8-9,14-15H2,1-3H3,(H,29,32)/b23-13+. The van der Waals surface area contributed by atoms with E-state index in [1.54, 1.807) is 29.2 Å². The number of hydrogen-bond donors (Lipinski definition) is 1. The van der Waals surface area contributed by atoms with Crippen molar-refractivity contribution in [2.45, 2.75) is 26.7 Å². The molecule has 2 saturated heterocycles. The van der Waals surface area contributed by atoms with Gasteiger partial charge < -0.3 is 19.7 Å². The molecule has 2 aliphatic rings. The quantitative estimate of drug-likeness (QED) is 0.435. The third kappa shape index (κ3) is 6.39. The van der Waals surface area contributed by atoms with E-state index in [1.165, 1.54) is 7.11 Å². The Balaban J connectivity index is 1.39. The molecule has 0 atom stereocenters. The lowest BCUT2D eigenvalue weighted by molar-refractivity contribution is -0.135. The summed E-state index contributed by atoms with van der Waals surface area (Å²) in [5.41, 5.74) is 3.42. The molecule has 0 saturated carbocycles. The van der Waals surface area contributed by atoms with Gasteiger partial charge in [-0.25, -0.2) is 0 Å². The summed E-state index contributed by atoms with van der Waals surface area (Å²) in [6, 6.07) is 8.80. The van der Waals surface area contributed by atoms with Gasteiger partial charge in [0.2, 0.25) is 5.91 Å². The molecular formula is C27H28BrN3O6S. The van der Waals surface area contributed by atoms with Gasteiger partial charge >= 0.3 is 0 Å². The number of hydrogen-bond acceptors (Lipinski definition) is 7. The molecular weight excluding hydrogens is 574 g/mol. The first-order chi connectivity index (χ1) is 18.2. The maximum atomic E-state index is 12.8. The van der Waals surface area contributed by atoms with E-state index < -0.39 is 11.1 Å². The van der Waals surface area contributed by atoms with E-state index in [0.717, 1.165) is 45.1 Å². The average Bonchev–Trinajstić information content (AvgIpc) is 3.51. The Bertz CT molecular complexity index is 1320. The summed E-state index contributed by atoms with van der Waals surface area (Å²) in [6.07, 6.45) is 3.44. The van der Waals surface area contributed by atoms with E-state index in [1.807, 2.05) is 26.0 Å². The molecule has 200 valence electrons. The fourth-order valence-corrected chi connectivity index (χ4v) is 5.48. The molecule has 0 aliphatic carbocycles. The van der Waals surface area contributed by atoms with E-state index >= 15 is 0 Å². The molecule has 0 radical (unpaired) electrons. The highest BCUT2D eigenvalue weighted by Gasteiger charge is 2.37. The number of nitrogens with one attached hydrogen (secondary N) is 1. The van der Waals surface area contributed by atoms with Crippen molar-refractivity contribution in [2.75, 3.05) is 38.7 Å². The van der Waals surface area contributed by atoms with Crippen LogP contribution in [-0.4, -0.2) is 66.1 Å². The van der Waals surface area contributed by atoms with Gasteiger partial charge in [0.05, 0.1) is 17.7 Å². The zero-order chi connectivity index (χ0) is 27.4. The lowest BCUT2D eigenvalue weighted by Gasteiger charge is -2.18. The summed E-state index contributed by atoms with van der Waals surface area (Å²) in [5.74, 6) is -0.341. The van der Waals surface area contributed by atoms with Gasteiger partial charge in [-0.05, 0) is 101 Å². The van der Waals surface area contributed by atoms with Gasteiger partial charge in [-0.1, -0.05) is 6.07 Å². The molecule has 38 heavy (non-hydrogen) atoms. The van der Waals surface area contributed by atoms with Gasteiger partial charge in [0.15, 0.2) is 18.1 Å². The van der Waals surface area contributed by atoms with Crippen LogP contribution < -0.4 is 14.8 Å². The first-order valence-electron chi connectivity index (χ1n) is 12.1. The number of rotatable bonds is 8. The molecule has 2 aromatic rings. The van der Waals surface area contributed by atoms with Crippen molar-refractivity contribution in [1.29, 1.82) is 0 Å². The Labute approximate surface area is 233 Å². The first-order valence-corrected chi connectivity index (χ1v) is 13.7. The van der Waals surface area contributed by atoms with E-state index in [0.29, 0.717) is 35.8 Å². The molecule has 0 bridgehead atoms. The number of aryl methyl sites for hydroxylation is 2. The summed E-state index contributed by atoms with van der Waals surface area (Å²) in [4.78, 5) is 53.0. The van der Waals surface area contributed by atoms with Crippen LogP contribution in [0.1, 0.15) is 29.5 Å². The first kappa shape index (κ1) is 27.7. The molecule has 0 spiro atoms. The van der Waals surface area contributed by atoms with Crippen LogP contribution in [0.2, 0.25) is 0 Å². The van der Waals surface area contributed by atoms with Crippen LogP contribution in [0.5, 0.6) is 11.5 Å². The number of nitrogens with zero attached hydrogens (tertiary/aromatic N) is 2. The van der Waals surface area contributed by atoms with E-state index in [4.69, 9.17) is 9.47 Å². The molecule has 4 rings (SSSR count). The number of carbonyl (C=O) groups excluding carboxylic acids is 4. The zero-order valence-corrected chi connectivity index (χ0v) is 23.7. The van der Waals surface area contributed by atoms with Crippen molar-refractivity contribution in [1.82, 2.24) is 9.80 Å². The molecule has 1 N–H and O–H groups in total. The van der Waals surface area contributed by atoms with E-state index in [9.17, 15) is 19.2 Å². The molecule has 2 heterocycles. The second-order valence-electron chi connectivity index (χ2n) is 9.02. The van der Waals surface area contributed by atoms with Gasteiger partial charge in [0.25, 0.3) is 17.1 Å². The van der Waals surface area contributed by atoms with Gasteiger partial charge in [0, 0.05) is 17.6 Å².